The first kappa shape index (κ1) is 21.8. The molecule has 1 aromatic heterocycles. The van der Waals surface area contributed by atoms with Gasteiger partial charge in [-0.3, -0.25) is 14.8 Å². The molecule has 0 radical (unpaired) electrons. The van der Waals surface area contributed by atoms with Crippen LogP contribution in [-0.4, -0.2) is 57.7 Å². The van der Waals surface area contributed by atoms with Crippen molar-refractivity contribution in [2.45, 2.75) is 0 Å². The normalized spacial score (nSPS) is 14.5. The summed E-state index contributed by atoms with van der Waals surface area (Å²) in [5, 5.41) is 9.53. The quantitative estimate of drug-likeness (QED) is 0.329. The van der Waals surface area contributed by atoms with Gasteiger partial charge in [-0.25, -0.2) is 4.98 Å². The minimum atomic E-state index is -0.785. The SMILES string of the molecule is O=C(/C=C/c1cccc(/C=C/C(=O)N2CCN(c3ccc(Cl)cc3)CC2)n1)N(O)Cl. The van der Waals surface area contributed by atoms with E-state index in [1.54, 1.807) is 29.2 Å². The highest BCUT2D eigenvalue weighted by atomic mass is 35.5. The molecule has 2 aromatic rings. The monoisotopic (exact) mass is 446 g/mol. The number of hydrogen-bond acceptors (Lipinski definition) is 5. The Hall–Kier alpha value is -2.87. The van der Waals surface area contributed by atoms with E-state index in [4.69, 9.17) is 28.6 Å². The third-order valence-electron chi connectivity index (χ3n) is 4.55. The van der Waals surface area contributed by atoms with E-state index in [1.165, 1.54) is 12.2 Å². The molecule has 0 unspecified atom stereocenters. The van der Waals surface area contributed by atoms with Crippen LogP contribution in [0.1, 0.15) is 11.4 Å². The number of carbonyl (C=O) groups is 2. The Balaban J connectivity index is 1.55. The van der Waals surface area contributed by atoms with Crippen LogP contribution in [0.2, 0.25) is 5.02 Å². The number of pyridine rings is 1. The number of carbonyl (C=O) groups excluding carboxylic acids is 2. The highest BCUT2D eigenvalue weighted by molar-refractivity contribution is 6.30. The molecule has 2 heterocycles. The Morgan fingerprint density at radius 2 is 1.57 bits per heavy atom. The molecule has 0 atom stereocenters. The van der Waals surface area contributed by atoms with E-state index in [1.807, 2.05) is 24.3 Å². The van der Waals surface area contributed by atoms with E-state index in [0.717, 1.165) is 24.9 Å². The van der Waals surface area contributed by atoms with Crippen molar-refractivity contribution in [1.29, 1.82) is 0 Å². The van der Waals surface area contributed by atoms with Crippen LogP contribution in [0.15, 0.2) is 54.6 Å². The second kappa shape index (κ2) is 10.2. The Labute approximate surface area is 184 Å². The molecule has 7 nitrogen and oxygen atoms in total. The lowest BCUT2D eigenvalue weighted by Gasteiger charge is -2.35. The van der Waals surface area contributed by atoms with E-state index < -0.39 is 5.91 Å². The van der Waals surface area contributed by atoms with Crippen LogP contribution in [0.3, 0.4) is 0 Å². The van der Waals surface area contributed by atoms with E-state index in [2.05, 4.69) is 9.88 Å². The molecule has 156 valence electrons. The first-order chi connectivity index (χ1) is 14.4. The summed E-state index contributed by atoms with van der Waals surface area (Å²) in [7, 11) is 0. The molecule has 1 aliphatic heterocycles. The molecular weight excluding hydrogens is 427 g/mol. The molecule has 2 amide bonds. The molecule has 0 bridgehead atoms. The number of halogens is 2. The maximum absolute atomic E-state index is 12.5. The van der Waals surface area contributed by atoms with Crippen LogP contribution < -0.4 is 4.90 Å². The molecule has 3 rings (SSSR count). The average Bonchev–Trinajstić information content (AvgIpc) is 2.76. The number of anilines is 1. The molecule has 0 saturated carbocycles. The van der Waals surface area contributed by atoms with Crippen LogP contribution in [-0.2, 0) is 9.59 Å². The smallest absolute Gasteiger partial charge is 0.285 e. The Morgan fingerprint density at radius 1 is 0.967 bits per heavy atom. The minimum Gasteiger partial charge on any atom is -0.368 e. The summed E-state index contributed by atoms with van der Waals surface area (Å²) >= 11 is 11.1. The maximum atomic E-state index is 12.5. The summed E-state index contributed by atoms with van der Waals surface area (Å²) in [6.07, 6.45) is 5.64. The van der Waals surface area contributed by atoms with Gasteiger partial charge in [-0.05, 0) is 48.6 Å². The molecule has 0 aliphatic carbocycles. The third-order valence-corrected chi connectivity index (χ3v) is 4.97. The lowest BCUT2D eigenvalue weighted by atomic mass is 10.2. The van der Waals surface area contributed by atoms with Crippen LogP contribution in [0, 0.1) is 0 Å². The second-order valence-corrected chi connectivity index (χ2v) is 7.30. The molecule has 1 N–H and O–H groups in total. The lowest BCUT2D eigenvalue weighted by Crippen LogP contribution is -2.48. The molecule has 30 heavy (non-hydrogen) atoms. The van der Waals surface area contributed by atoms with E-state index in [-0.39, 0.29) is 10.5 Å². The highest BCUT2D eigenvalue weighted by Gasteiger charge is 2.19. The van der Waals surface area contributed by atoms with Gasteiger partial charge in [-0.15, -0.1) is 4.58 Å². The van der Waals surface area contributed by atoms with E-state index >= 15 is 0 Å². The molecule has 1 aromatic carbocycles. The summed E-state index contributed by atoms with van der Waals surface area (Å²) in [5.74, 6) is -0.867. The predicted molar refractivity (Wildman–Crippen MR) is 117 cm³/mol. The fourth-order valence-electron chi connectivity index (χ4n) is 2.97. The number of piperazine rings is 1. The standard InChI is InChI=1S/C21H20Cl2N4O3/c22-16-4-8-19(9-5-16)25-12-14-26(15-13-25)20(28)10-6-17-2-1-3-18(24-17)7-11-21(29)27(23)30/h1-11,30H,12-15H2/b10-6+,11-7+. The summed E-state index contributed by atoms with van der Waals surface area (Å²) in [6.45, 7) is 2.74. The van der Waals surface area contributed by atoms with Gasteiger partial charge in [0.05, 0.1) is 11.4 Å². The molecule has 1 saturated heterocycles. The number of rotatable bonds is 5. The first-order valence-corrected chi connectivity index (χ1v) is 9.95. The van der Waals surface area contributed by atoms with Gasteiger partial charge >= 0.3 is 0 Å². The summed E-state index contributed by atoms with van der Waals surface area (Å²) in [6, 6.07) is 12.9. The Bertz CT molecular complexity index is 953. The lowest BCUT2D eigenvalue weighted by molar-refractivity contribution is -0.140. The van der Waals surface area contributed by atoms with E-state index in [9.17, 15) is 9.59 Å². The van der Waals surface area contributed by atoms with Crippen molar-refractivity contribution in [1.82, 2.24) is 14.5 Å². The number of nitrogens with zero attached hydrogens (tertiary/aromatic N) is 4. The topological polar surface area (TPSA) is 77.0 Å². The van der Waals surface area contributed by atoms with Gasteiger partial charge in [0, 0.05) is 60.8 Å². The van der Waals surface area contributed by atoms with Crippen molar-refractivity contribution < 1.29 is 14.8 Å². The zero-order chi connectivity index (χ0) is 21.5. The van der Waals surface area contributed by atoms with Crippen LogP contribution in [0.5, 0.6) is 0 Å². The average molecular weight is 447 g/mol. The van der Waals surface area contributed by atoms with Crippen LogP contribution in [0.25, 0.3) is 12.2 Å². The maximum Gasteiger partial charge on any atom is 0.285 e. The molecule has 0 spiro atoms. The third kappa shape index (κ3) is 6.06. The van der Waals surface area contributed by atoms with Crippen molar-refractivity contribution in [3.05, 3.63) is 71.0 Å². The summed E-state index contributed by atoms with van der Waals surface area (Å²) < 4.78 is -0.0361. The van der Waals surface area contributed by atoms with Gasteiger partial charge < -0.3 is 9.80 Å². The van der Waals surface area contributed by atoms with Crippen molar-refractivity contribution in [3.63, 3.8) is 0 Å². The number of hydrogen-bond donors (Lipinski definition) is 1. The largest absolute Gasteiger partial charge is 0.368 e. The molecule has 9 heteroatoms. The zero-order valence-corrected chi connectivity index (χ0v) is 17.5. The summed E-state index contributed by atoms with van der Waals surface area (Å²) in [5.41, 5.74) is 2.16. The zero-order valence-electron chi connectivity index (χ0n) is 16.0. The highest BCUT2D eigenvalue weighted by Crippen LogP contribution is 2.19. The first-order valence-electron chi connectivity index (χ1n) is 9.24. The van der Waals surface area contributed by atoms with Gasteiger partial charge in [-0.1, -0.05) is 17.7 Å². The summed E-state index contributed by atoms with van der Waals surface area (Å²) in [4.78, 5) is 32.1. The van der Waals surface area contributed by atoms with Crippen molar-refractivity contribution >= 4 is 53.0 Å². The van der Waals surface area contributed by atoms with Crippen molar-refractivity contribution in [2.75, 3.05) is 31.1 Å². The van der Waals surface area contributed by atoms with Gasteiger partial charge in [0.1, 0.15) is 0 Å². The number of hydroxylamine groups is 1. The molecule has 1 fully saturated rings. The Kier molecular flexibility index (Phi) is 7.46. The van der Waals surface area contributed by atoms with Crippen molar-refractivity contribution in [2.24, 2.45) is 0 Å². The minimum absolute atomic E-state index is 0.0361. The van der Waals surface area contributed by atoms with Crippen LogP contribution >= 0.6 is 23.4 Å². The Morgan fingerprint density at radius 3 is 2.17 bits per heavy atom. The van der Waals surface area contributed by atoms with Crippen LogP contribution in [0.4, 0.5) is 5.69 Å². The molecule has 1 aliphatic rings. The fraction of sp³-hybridized carbons (Fsp3) is 0.190. The molecular formula is C21H20Cl2N4O3. The van der Waals surface area contributed by atoms with Gasteiger partial charge in [-0.2, -0.15) is 0 Å². The van der Waals surface area contributed by atoms with E-state index in [0.29, 0.717) is 29.5 Å². The fourth-order valence-corrected chi connectivity index (χ4v) is 3.15. The number of amides is 2. The van der Waals surface area contributed by atoms with Gasteiger partial charge in [0.2, 0.25) is 5.91 Å². The number of benzene rings is 1. The van der Waals surface area contributed by atoms with Gasteiger partial charge in [0.15, 0.2) is 0 Å². The second-order valence-electron chi connectivity index (χ2n) is 6.54. The van der Waals surface area contributed by atoms with Crippen molar-refractivity contribution in [3.8, 4) is 0 Å². The van der Waals surface area contributed by atoms with Gasteiger partial charge in [0.25, 0.3) is 5.91 Å². The predicted octanol–water partition coefficient (Wildman–Crippen LogP) is 3.48. The number of aromatic nitrogens is 1.